The van der Waals surface area contributed by atoms with Crippen molar-refractivity contribution < 1.29 is 14.7 Å². The van der Waals surface area contributed by atoms with Crippen molar-refractivity contribution in [3.05, 3.63) is 65.5 Å². The third kappa shape index (κ3) is 4.17. The number of ketones is 1. The van der Waals surface area contributed by atoms with E-state index in [4.69, 9.17) is 0 Å². The fourth-order valence-electron chi connectivity index (χ4n) is 4.94. The van der Waals surface area contributed by atoms with E-state index in [1.807, 2.05) is 18.3 Å². The van der Waals surface area contributed by atoms with Crippen molar-refractivity contribution in [1.82, 2.24) is 9.88 Å². The lowest BCUT2D eigenvalue weighted by Gasteiger charge is -2.43. The molecular formula is C25H30N2O3. The summed E-state index contributed by atoms with van der Waals surface area (Å²) in [6, 6.07) is 13.6. The Kier molecular flexibility index (Phi) is 6.00. The van der Waals surface area contributed by atoms with E-state index in [1.165, 1.54) is 6.92 Å². The van der Waals surface area contributed by atoms with Crippen LogP contribution in [0.25, 0.3) is 0 Å². The Morgan fingerprint density at radius 3 is 2.17 bits per heavy atom. The molecule has 1 aromatic carbocycles. The van der Waals surface area contributed by atoms with E-state index in [2.05, 4.69) is 16.0 Å². The van der Waals surface area contributed by atoms with Gasteiger partial charge in [-0.1, -0.05) is 18.2 Å². The third-order valence-electron chi connectivity index (χ3n) is 6.82. The lowest BCUT2D eigenvalue weighted by Crippen LogP contribution is -2.47. The van der Waals surface area contributed by atoms with Crippen molar-refractivity contribution >= 4 is 11.7 Å². The average molecular weight is 407 g/mol. The Labute approximate surface area is 178 Å². The van der Waals surface area contributed by atoms with E-state index in [0.29, 0.717) is 23.6 Å². The maximum absolute atomic E-state index is 13.4. The van der Waals surface area contributed by atoms with E-state index in [9.17, 15) is 14.7 Å². The first-order valence-corrected chi connectivity index (χ1v) is 11.0. The molecule has 2 aromatic rings. The molecule has 0 radical (unpaired) electrons. The molecule has 0 atom stereocenters. The standard InChI is InChI=1S/C25H30N2O3/c1-18(29)19-5-7-20(8-6-19)24(30)27(21-9-10-21)22-11-13-25(14-12-22,15-17-28)23-4-2-3-16-26-23/h2-8,16,21-22,28H,9-15,17H2,1H3. The Balaban J connectivity index is 1.51. The van der Waals surface area contributed by atoms with Crippen LogP contribution in [0.2, 0.25) is 0 Å². The molecule has 5 nitrogen and oxygen atoms in total. The summed E-state index contributed by atoms with van der Waals surface area (Å²) >= 11 is 0. The quantitative estimate of drug-likeness (QED) is 0.701. The van der Waals surface area contributed by atoms with Crippen LogP contribution in [0.15, 0.2) is 48.7 Å². The van der Waals surface area contributed by atoms with Gasteiger partial charge in [-0.15, -0.1) is 0 Å². The monoisotopic (exact) mass is 406 g/mol. The van der Waals surface area contributed by atoms with Gasteiger partial charge in [0.1, 0.15) is 0 Å². The highest BCUT2D eigenvalue weighted by atomic mass is 16.3. The van der Waals surface area contributed by atoms with Gasteiger partial charge in [0.15, 0.2) is 5.78 Å². The van der Waals surface area contributed by atoms with Gasteiger partial charge < -0.3 is 10.0 Å². The van der Waals surface area contributed by atoms with E-state index in [1.54, 1.807) is 24.3 Å². The fourth-order valence-corrected chi connectivity index (χ4v) is 4.94. The number of carbonyl (C=O) groups is 2. The number of benzene rings is 1. The molecule has 2 aliphatic rings. The number of carbonyl (C=O) groups excluding carboxylic acids is 2. The number of amides is 1. The van der Waals surface area contributed by atoms with Gasteiger partial charge >= 0.3 is 0 Å². The summed E-state index contributed by atoms with van der Waals surface area (Å²) in [5.41, 5.74) is 2.24. The normalized spacial score (nSPS) is 23.7. The number of aliphatic hydroxyl groups excluding tert-OH is 1. The van der Waals surface area contributed by atoms with Crippen LogP contribution in [0, 0.1) is 0 Å². The molecule has 0 bridgehead atoms. The Morgan fingerprint density at radius 2 is 1.63 bits per heavy atom. The molecule has 158 valence electrons. The van der Waals surface area contributed by atoms with Crippen LogP contribution in [-0.4, -0.2) is 45.4 Å². The van der Waals surface area contributed by atoms with E-state index < -0.39 is 0 Å². The second kappa shape index (κ2) is 8.68. The number of Topliss-reactive ketones (excluding diaryl/α,β-unsaturated/α-hetero) is 1. The Hall–Kier alpha value is -2.53. The molecule has 1 N–H and O–H groups in total. The average Bonchev–Trinajstić information content (AvgIpc) is 3.61. The number of hydrogen-bond donors (Lipinski definition) is 1. The summed E-state index contributed by atoms with van der Waals surface area (Å²) < 4.78 is 0. The smallest absolute Gasteiger partial charge is 0.254 e. The van der Waals surface area contributed by atoms with Crippen molar-refractivity contribution in [2.45, 2.75) is 69.4 Å². The molecule has 0 unspecified atom stereocenters. The van der Waals surface area contributed by atoms with Gasteiger partial charge in [0.05, 0.1) is 0 Å². The number of aromatic nitrogens is 1. The number of hydrogen-bond acceptors (Lipinski definition) is 4. The summed E-state index contributed by atoms with van der Waals surface area (Å²) in [6.07, 6.45) is 8.36. The molecular weight excluding hydrogens is 376 g/mol. The van der Waals surface area contributed by atoms with Crippen LogP contribution in [0.5, 0.6) is 0 Å². The molecule has 0 saturated heterocycles. The minimum absolute atomic E-state index is 0.00933. The Morgan fingerprint density at radius 1 is 1.00 bits per heavy atom. The molecule has 4 rings (SSSR count). The van der Waals surface area contributed by atoms with Crippen LogP contribution in [0.3, 0.4) is 0 Å². The van der Waals surface area contributed by atoms with Crippen LogP contribution in [-0.2, 0) is 5.41 Å². The minimum Gasteiger partial charge on any atom is -0.396 e. The molecule has 30 heavy (non-hydrogen) atoms. The number of aliphatic hydroxyl groups is 1. The summed E-state index contributed by atoms with van der Waals surface area (Å²) in [5, 5.41) is 9.70. The number of rotatable bonds is 7. The van der Waals surface area contributed by atoms with Gasteiger partial charge in [-0.05, 0) is 76.1 Å². The first-order valence-electron chi connectivity index (χ1n) is 11.0. The maximum atomic E-state index is 13.4. The summed E-state index contributed by atoms with van der Waals surface area (Å²) in [4.78, 5) is 31.6. The van der Waals surface area contributed by atoms with Crippen LogP contribution in [0.4, 0.5) is 0 Å². The molecule has 5 heteroatoms. The molecule has 2 aliphatic carbocycles. The van der Waals surface area contributed by atoms with Crippen LogP contribution >= 0.6 is 0 Å². The van der Waals surface area contributed by atoms with Gasteiger partial charge in [0, 0.05) is 47.1 Å². The third-order valence-corrected chi connectivity index (χ3v) is 6.82. The van der Waals surface area contributed by atoms with Gasteiger partial charge in [-0.25, -0.2) is 0 Å². The second-order valence-electron chi connectivity index (χ2n) is 8.78. The predicted octanol–water partition coefficient (Wildman–Crippen LogP) is 4.15. The van der Waals surface area contributed by atoms with Crippen LogP contribution < -0.4 is 0 Å². The zero-order chi connectivity index (χ0) is 21.1. The van der Waals surface area contributed by atoms with Gasteiger partial charge in [0.25, 0.3) is 5.91 Å². The minimum atomic E-state index is -0.103. The zero-order valence-corrected chi connectivity index (χ0v) is 17.6. The lowest BCUT2D eigenvalue weighted by molar-refractivity contribution is 0.0548. The van der Waals surface area contributed by atoms with Crippen molar-refractivity contribution in [2.24, 2.45) is 0 Å². The van der Waals surface area contributed by atoms with Gasteiger partial charge in [-0.2, -0.15) is 0 Å². The summed E-state index contributed by atoms with van der Waals surface area (Å²) in [5.74, 6) is 0.0835. The van der Waals surface area contributed by atoms with Crippen molar-refractivity contribution in [3.8, 4) is 0 Å². The van der Waals surface area contributed by atoms with E-state index in [-0.39, 0.29) is 29.8 Å². The highest BCUT2D eigenvalue weighted by molar-refractivity contribution is 5.98. The zero-order valence-electron chi connectivity index (χ0n) is 17.6. The lowest BCUT2D eigenvalue weighted by atomic mass is 9.68. The van der Waals surface area contributed by atoms with Crippen molar-refractivity contribution in [2.75, 3.05) is 6.61 Å². The molecule has 0 spiro atoms. The number of pyridine rings is 1. The first kappa shape index (κ1) is 20.7. The van der Waals surface area contributed by atoms with Crippen molar-refractivity contribution in [3.63, 3.8) is 0 Å². The van der Waals surface area contributed by atoms with Gasteiger partial charge in [0.2, 0.25) is 0 Å². The maximum Gasteiger partial charge on any atom is 0.254 e. The summed E-state index contributed by atoms with van der Waals surface area (Å²) in [6.45, 7) is 1.69. The van der Waals surface area contributed by atoms with Gasteiger partial charge in [-0.3, -0.25) is 14.6 Å². The highest BCUT2D eigenvalue weighted by Gasteiger charge is 2.43. The molecule has 1 aromatic heterocycles. The molecule has 2 saturated carbocycles. The van der Waals surface area contributed by atoms with E-state index >= 15 is 0 Å². The first-order chi connectivity index (χ1) is 14.5. The van der Waals surface area contributed by atoms with E-state index in [0.717, 1.165) is 44.2 Å². The fraction of sp³-hybridized carbons (Fsp3) is 0.480. The molecule has 0 aliphatic heterocycles. The summed E-state index contributed by atoms with van der Waals surface area (Å²) in [7, 11) is 0. The second-order valence-corrected chi connectivity index (χ2v) is 8.78. The van der Waals surface area contributed by atoms with Crippen LogP contribution in [0.1, 0.15) is 78.3 Å². The van der Waals surface area contributed by atoms with Crippen molar-refractivity contribution in [1.29, 1.82) is 0 Å². The topological polar surface area (TPSA) is 70.5 Å². The SMILES string of the molecule is CC(=O)c1ccc(C(=O)N(C2CC2)C2CCC(CCO)(c3ccccn3)CC2)cc1. The highest BCUT2D eigenvalue weighted by Crippen LogP contribution is 2.44. The molecule has 1 heterocycles. The Bertz CT molecular complexity index is 882. The number of nitrogens with zero attached hydrogens (tertiary/aromatic N) is 2. The molecule has 2 fully saturated rings. The largest absolute Gasteiger partial charge is 0.396 e. The molecule has 1 amide bonds. The predicted molar refractivity (Wildman–Crippen MR) is 116 cm³/mol.